The van der Waals surface area contributed by atoms with E-state index in [4.69, 9.17) is 28.3 Å². The third-order valence-corrected chi connectivity index (χ3v) is 1.99. The molecule has 1 atom stereocenters. The predicted molar refractivity (Wildman–Crippen MR) is 57.4 cm³/mol. The SMILES string of the molecule is CC(C(=O)O)N(CCCl)CCCl.Cl. The van der Waals surface area contributed by atoms with E-state index in [1.807, 2.05) is 0 Å². The Bertz CT molecular complexity index is 140. The Kier molecular flexibility index (Phi) is 10.8. The van der Waals surface area contributed by atoms with Gasteiger partial charge in [-0.05, 0) is 6.92 Å². The molecule has 0 heterocycles. The van der Waals surface area contributed by atoms with Gasteiger partial charge in [0.15, 0.2) is 0 Å². The van der Waals surface area contributed by atoms with Crippen LogP contribution in [-0.2, 0) is 4.79 Å². The van der Waals surface area contributed by atoms with Gasteiger partial charge >= 0.3 is 5.97 Å². The molecular weight excluding hydrogens is 236 g/mol. The Hall–Kier alpha value is 0.300. The van der Waals surface area contributed by atoms with Gasteiger partial charge in [-0.1, -0.05) is 0 Å². The number of aliphatic carboxylic acids is 1. The maximum atomic E-state index is 10.6. The first-order chi connectivity index (χ1) is 5.63. The van der Waals surface area contributed by atoms with E-state index < -0.39 is 12.0 Å². The number of carboxylic acid groups (broad SMARTS) is 1. The third kappa shape index (κ3) is 6.38. The van der Waals surface area contributed by atoms with E-state index >= 15 is 0 Å². The van der Waals surface area contributed by atoms with Crippen LogP contribution in [0.4, 0.5) is 0 Å². The molecule has 0 aromatic heterocycles. The van der Waals surface area contributed by atoms with Crippen LogP contribution in [0, 0.1) is 0 Å². The molecule has 0 aliphatic rings. The Balaban J connectivity index is 0. The Morgan fingerprint density at radius 3 is 2.00 bits per heavy atom. The van der Waals surface area contributed by atoms with E-state index in [-0.39, 0.29) is 12.4 Å². The zero-order valence-electron chi connectivity index (χ0n) is 7.37. The van der Waals surface area contributed by atoms with Gasteiger partial charge in [-0.25, -0.2) is 0 Å². The van der Waals surface area contributed by atoms with Crippen LogP contribution in [-0.4, -0.2) is 46.9 Å². The lowest BCUT2D eigenvalue weighted by molar-refractivity contribution is -0.142. The second-order valence-electron chi connectivity index (χ2n) is 2.43. The summed E-state index contributed by atoms with van der Waals surface area (Å²) in [5.41, 5.74) is 0. The van der Waals surface area contributed by atoms with E-state index in [0.29, 0.717) is 24.8 Å². The van der Waals surface area contributed by atoms with E-state index in [2.05, 4.69) is 0 Å². The number of hydrogen-bond donors (Lipinski definition) is 1. The minimum Gasteiger partial charge on any atom is -0.480 e. The molecule has 0 radical (unpaired) electrons. The number of alkyl halides is 2. The van der Waals surface area contributed by atoms with Gasteiger partial charge in [0.05, 0.1) is 0 Å². The monoisotopic (exact) mass is 249 g/mol. The highest BCUT2D eigenvalue weighted by Crippen LogP contribution is 2.00. The van der Waals surface area contributed by atoms with Gasteiger partial charge in [0.25, 0.3) is 0 Å². The number of rotatable bonds is 6. The van der Waals surface area contributed by atoms with Gasteiger partial charge in [-0.2, -0.15) is 0 Å². The first-order valence-electron chi connectivity index (χ1n) is 3.72. The van der Waals surface area contributed by atoms with Crippen molar-refractivity contribution in [1.29, 1.82) is 0 Å². The van der Waals surface area contributed by atoms with Crippen LogP contribution in [0.2, 0.25) is 0 Å². The van der Waals surface area contributed by atoms with Crippen LogP contribution < -0.4 is 0 Å². The fourth-order valence-electron chi connectivity index (χ4n) is 0.872. The summed E-state index contributed by atoms with van der Waals surface area (Å²) in [6.45, 7) is 2.74. The highest BCUT2D eigenvalue weighted by molar-refractivity contribution is 6.18. The zero-order valence-corrected chi connectivity index (χ0v) is 9.70. The molecule has 0 aliphatic heterocycles. The average molecular weight is 251 g/mol. The maximum absolute atomic E-state index is 10.6. The minimum atomic E-state index is -0.842. The van der Waals surface area contributed by atoms with Crippen LogP contribution in [0.5, 0.6) is 0 Å². The van der Waals surface area contributed by atoms with E-state index in [9.17, 15) is 4.79 Å². The first-order valence-corrected chi connectivity index (χ1v) is 4.79. The highest BCUT2D eigenvalue weighted by Gasteiger charge is 2.18. The van der Waals surface area contributed by atoms with E-state index in [1.54, 1.807) is 11.8 Å². The molecule has 13 heavy (non-hydrogen) atoms. The lowest BCUT2D eigenvalue weighted by Crippen LogP contribution is -2.41. The third-order valence-electron chi connectivity index (χ3n) is 1.65. The van der Waals surface area contributed by atoms with E-state index in [0.717, 1.165) is 0 Å². The Labute approximate surface area is 94.4 Å². The van der Waals surface area contributed by atoms with Crippen LogP contribution in [0.1, 0.15) is 6.92 Å². The number of carboxylic acids is 1. The van der Waals surface area contributed by atoms with Crippen LogP contribution in [0.25, 0.3) is 0 Å². The fraction of sp³-hybridized carbons (Fsp3) is 0.857. The Morgan fingerprint density at radius 2 is 1.77 bits per heavy atom. The quantitative estimate of drug-likeness (QED) is 0.729. The van der Waals surface area contributed by atoms with Crippen molar-refractivity contribution < 1.29 is 9.90 Å². The molecule has 0 aromatic rings. The summed E-state index contributed by atoms with van der Waals surface area (Å²) in [7, 11) is 0. The van der Waals surface area contributed by atoms with Gasteiger partial charge in [0, 0.05) is 24.8 Å². The molecule has 0 aromatic carbocycles. The summed E-state index contributed by atoms with van der Waals surface area (Å²) in [5.74, 6) is 0.00784. The molecule has 80 valence electrons. The molecule has 0 amide bonds. The van der Waals surface area contributed by atoms with Crippen molar-refractivity contribution in [3.8, 4) is 0 Å². The van der Waals surface area contributed by atoms with Crippen LogP contribution in [0.3, 0.4) is 0 Å². The second-order valence-corrected chi connectivity index (χ2v) is 3.18. The highest BCUT2D eigenvalue weighted by atomic mass is 35.5. The summed E-state index contributed by atoms with van der Waals surface area (Å²) < 4.78 is 0. The van der Waals surface area contributed by atoms with Gasteiger partial charge < -0.3 is 5.11 Å². The van der Waals surface area contributed by atoms with Crippen molar-refractivity contribution in [3.63, 3.8) is 0 Å². The number of halogens is 3. The standard InChI is InChI=1S/C7H13Cl2NO2.ClH/c1-6(7(11)12)10(4-2-8)5-3-9;/h6H,2-5H2,1H3,(H,11,12);1H. The molecule has 0 rings (SSSR count). The predicted octanol–water partition coefficient (Wildman–Crippen LogP) is 1.66. The summed E-state index contributed by atoms with van der Waals surface area (Å²) in [5, 5.41) is 8.68. The first kappa shape index (κ1) is 15.8. The normalized spacial score (nSPS) is 12.3. The Morgan fingerprint density at radius 1 is 1.38 bits per heavy atom. The zero-order chi connectivity index (χ0) is 9.56. The molecule has 0 saturated carbocycles. The van der Waals surface area contributed by atoms with Crippen molar-refractivity contribution in [1.82, 2.24) is 4.90 Å². The summed E-state index contributed by atoms with van der Waals surface area (Å²) in [6, 6.07) is -0.512. The molecule has 6 heteroatoms. The van der Waals surface area contributed by atoms with E-state index in [1.165, 1.54) is 0 Å². The van der Waals surface area contributed by atoms with Crippen molar-refractivity contribution in [3.05, 3.63) is 0 Å². The summed E-state index contributed by atoms with van der Waals surface area (Å²) in [6.07, 6.45) is 0. The molecular formula is C7H14Cl3NO2. The molecule has 0 aliphatic carbocycles. The largest absolute Gasteiger partial charge is 0.480 e. The van der Waals surface area contributed by atoms with Gasteiger partial charge in [0.2, 0.25) is 0 Å². The molecule has 3 nitrogen and oxygen atoms in total. The number of hydrogen-bond acceptors (Lipinski definition) is 2. The van der Waals surface area contributed by atoms with Gasteiger partial charge in [0.1, 0.15) is 6.04 Å². The lowest BCUT2D eigenvalue weighted by atomic mass is 10.3. The molecule has 1 N–H and O–H groups in total. The summed E-state index contributed by atoms with van der Waals surface area (Å²) >= 11 is 11.0. The number of carbonyl (C=O) groups is 1. The fourth-order valence-corrected chi connectivity index (χ4v) is 1.31. The summed E-state index contributed by atoms with van der Waals surface area (Å²) in [4.78, 5) is 12.3. The van der Waals surface area contributed by atoms with Crippen molar-refractivity contribution in [2.75, 3.05) is 24.8 Å². The van der Waals surface area contributed by atoms with Crippen molar-refractivity contribution in [2.45, 2.75) is 13.0 Å². The molecule has 0 saturated heterocycles. The lowest BCUT2D eigenvalue weighted by Gasteiger charge is -2.23. The topological polar surface area (TPSA) is 40.5 Å². The van der Waals surface area contributed by atoms with Gasteiger partial charge in [-0.3, -0.25) is 9.69 Å². The molecule has 0 spiro atoms. The van der Waals surface area contributed by atoms with Gasteiger partial charge in [-0.15, -0.1) is 35.6 Å². The van der Waals surface area contributed by atoms with Crippen molar-refractivity contribution >= 4 is 41.6 Å². The average Bonchev–Trinajstić information content (AvgIpc) is 2.03. The minimum absolute atomic E-state index is 0. The van der Waals surface area contributed by atoms with Crippen LogP contribution >= 0.6 is 35.6 Å². The molecule has 0 bridgehead atoms. The smallest absolute Gasteiger partial charge is 0.320 e. The number of nitrogens with zero attached hydrogens (tertiary/aromatic N) is 1. The maximum Gasteiger partial charge on any atom is 0.320 e. The van der Waals surface area contributed by atoms with Crippen LogP contribution in [0.15, 0.2) is 0 Å². The second kappa shape index (κ2) is 8.88. The molecule has 0 fully saturated rings. The molecule has 1 unspecified atom stereocenters. The van der Waals surface area contributed by atoms with Crippen molar-refractivity contribution in [2.24, 2.45) is 0 Å².